The van der Waals surface area contributed by atoms with Gasteiger partial charge in [0.15, 0.2) is 0 Å². The highest BCUT2D eigenvalue weighted by atomic mass is 127. The van der Waals surface area contributed by atoms with E-state index in [0.717, 1.165) is 0 Å². The fraction of sp³-hybridized carbons (Fsp3) is 0.833. The molecule has 0 heterocycles. The largest absolute Gasteiger partial charge is 0.287 e. The summed E-state index contributed by atoms with van der Waals surface area (Å²) in [6.45, 7) is 6.21. The van der Waals surface area contributed by atoms with Gasteiger partial charge < -0.3 is 0 Å². The zero-order chi connectivity index (χ0) is 7.65. The third-order valence-corrected chi connectivity index (χ3v) is 5.21. The highest BCUT2D eigenvalue weighted by Gasteiger charge is 2.26. The summed E-state index contributed by atoms with van der Waals surface area (Å²) in [7, 11) is 0. The predicted octanol–water partition coefficient (Wildman–Crippen LogP) is 2.80. The van der Waals surface area contributed by atoms with Gasteiger partial charge in [-0.3, -0.25) is 4.79 Å². The molecule has 0 rings (SSSR count). The maximum atomic E-state index is 10.8. The van der Waals surface area contributed by atoms with E-state index in [-0.39, 0.29) is 13.1 Å². The zero-order valence-corrected chi connectivity index (χ0v) is 10.1. The lowest BCUT2D eigenvalue weighted by Gasteiger charge is -2.21. The van der Waals surface area contributed by atoms with Crippen LogP contribution in [-0.4, -0.2) is 7.71 Å². The Kier molecular flexibility index (Phi) is 3.94. The number of alkyl halides is 1. The van der Waals surface area contributed by atoms with E-state index in [9.17, 15) is 4.79 Å². The van der Waals surface area contributed by atoms with E-state index in [1.807, 2.05) is 22.6 Å². The molecule has 0 aromatic carbocycles. The molecule has 0 bridgehead atoms. The summed E-state index contributed by atoms with van der Waals surface area (Å²) in [4.78, 5) is 10.8. The number of rotatable bonds is 1. The molecule has 0 aliphatic rings. The van der Waals surface area contributed by atoms with Gasteiger partial charge in [-0.05, 0) is 5.41 Å². The third kappa shape index (κ3) is 3.75. The Hall–Kier alpha value is 1.13. The van der Waals surface area contributed by atoms with Crippen LogP contribution in [0.15, 0.2) is 0 Å². The van der Waals surface area contributed by atoms with E-state index in [4.69, 9.17) is 0 Å². The molecule has 0 spiro atoms. The molecule has 0 saturated heterocycles. The average molecular weight is 352 g/mol. The van der Waals surface area contributed by atoms with Crippen molar-refractivity contribution in [1.82, 2.24) is 0 Å². The van der Waals surface area contributed by atoms with Crippen molar-refractivity contribution in [2.24, 2.45) is 5.41 Å². The minimum absolute atomic E-state index is 0.110. The van der Waals surface area contributed by atoms with Crippen LogP contribution < -0.4 is 0 Å². The van der Waals surface area contributed by atoms with E-state index < -0.39 is 0 Å². The van der Waals surface area contributed by atoms with Crippen molar-refractivity contribution in [2.75, 3.05) is 0 Å². The first-order valence-electron chi connectivity index (χ1n) is 2.69. The Morgan fingerprint density at radius 3 is 1.78 bits per heavy atom. The molecule has 3 heteroatoms. The molecule has 0 aromatic rings. The van der Waals surface area contributed by atoms with Gasteiger partial charge in [-0.25, -0.2) is 0 Å². The van der Waals surface area contributed by atoms with Crippen LogP contribution in [0.25, 0.3) is 0 Å². The van der Waals surface area contributed by atoms with Crippen LogP contribution in [0.3, 0.4) is 0 Å². The van der Waals surface area contributed by atoms with E-state index >= 15 is 0 Å². The molecule has 0 unspecified atom stereocenters. The third-order valence-electron chi connectivity index (χ3n) is 0.960. The summed E-state index contributed by atoms with van der Waals surface area (Å²) in [6.07, 6.45) is 0. The second-order valence-electron chi connectivity index (χ2n) is 3.03. The van der Waals surface area contributed by atoms with Crippen molar-refractivity contribution in [1.29, 1.82) is 0 Å². The number of carbonyl (C=O) groups excluding carboxylic acids is 1. The quantitative estimate of drug-likeness (QED) is 0.403. The van der Waals surface area contributed by atoms with Crippen LogP contribution >= 0.6 is 45.2 Å². The molecule has 1 atom stereocenters. The van der Waals surface area contributed by atoms with Crippen LogP contribution in [-0.2, 0) is 4.79 Å². The maximum absolute atomic E-state index is 10.8. The van der Waals surface area contributed by atoms with E-state index in [1.54, 1.807) is 0 Å². The number of halogens is 2. The topological polar surface area (TPSA) is 17.1 Å². The summed E-state index contributed by atoms with van der Waals surface area (Å²) >= 11 is 4.03. The Morgan fingerprint density at radius 1 is 1.44 bits per heavy atom. The van der Waals surface area contributed by atoms with Crippen LogP contribution in [0.1, 0.15) is 20.8 Å². The van der Waals surface area contributed by atoms with Gasteiger partial charge in [0.05, 0.1) is 3.92 Å². The van der Waals surface area contributed by atoms with E-state index in [2.05, 4.69) is 43.4 Å². The van der Waals surface area contributed by atoms with Crippen molar-refractivity contribution in [3.63, 3.8) is 0 Å². The lowest BCUT2D eigenvalue weighted by molar-refractivity contribution is -0.109. The first-order valence-corrected chi connectivity index (χ1v) is 5.01. The summed E-state index contributed by atoms with van der Waals surface area (Å²) in [5.74, 6) is 0. The molecule has 0 N–H and O–H groups in total. The lowest BCUT2D eigenvalue weighted by atomic mass is 9.93. The van der Waals surface area contributed by atoms with Crippen molar-refractivity contribution in [3.05, 3.63) is 0 Å². The van der Waals surface area contributed by atoms with Crippen LogP contribution in [0.5, 0.6) is 0 Å². The normalized spacial score (nSPS) is 15.2. The maximum Gasteiger partial charge on any atom is 0.205 e. The molecule has 0 aliphatic heterocycles. The molecule has 54 valence electrons. The van der Waals surface area contributed by atoms with E-state index in [0.29, 0.717) is 0 Å². The molecule has 0 radical (unpaired) electrons. The number of carbonyl (C=O) groups is 1. The van der Waals surface area contributed by atoms with Gasteiger partial charge in [-0.2, -0.15) is 0 Å². The lowest BCUT2D eigenvalue weighted by Crippen LogP contribution is -2.24. The van der Waals surface area contributed by atoms with Crippen molar-refractivity contribution >= 4 is 49.0 Å². The number of hydrogen-bond donors (Lipinski definition) is 0. The van der Waals surface area contributed by atoms with Crippen molar-refractivity contribution in [2.45, 2.75) is 24.7 Å². The molecule has 0 aromatic heterocycles. The molecule has 0 saturated carbocycles. The molecule has 1 nitrogen and oxygen atoms in total. The van der Waals surface area contributed by atoms with Gasteiger partial charge in [-0.1, -0.05) is 43.4 Å². The van der Waals surface area contributed by atoms with Crippen LogP contribution in [0.4, 0.5) is 0 Å². The van der Waals surface area contributed by atoms with Crippen molar-refractivity contribution < 1.29 is 4.79 Å². The van der Waals surface area contributed by atoms with Crippen molar-refractivity contribution in [3.8, 4) is 0 Å². The first-order chi connectivity index (χ1) is 3.85. The minimum Gasteiger partial charge on any atom is -0.287 e. The summed E-state index contributed by atoms with van der Waals surface area (Å²) in [5, 5.41) is 0. The Bertz CT molecular complexity index is 115. The minimum atomic E-state index is 0.110. The Morgan fingerprint density at radius 2 is 1.78 bits per heavy atom. The average Bonchev–Trinajstić information content (AvgIpc) is 1.62. The molecular formula is C6H10I2O. The monoisotopic (exact) mass is 352 g/mol. The first kappa shape index (κ1) is 10.1. The molecular weight excluding hydrogens is 342 g/mol. The Balaban J connectivity index is 4.04. The van der Waals surface area contributed by atoms with Gasteiger partial charge in [0, 0.05) is 22.6 Å². The zero-order valence-electron chi connectivity index (χ0n) is 5.74. The molecule has 0 amide bonds. The summed E-state index contributed by atoms with van der Waals surface area (Å²) in [6, 6.07) is 0. The molecule has 0 aliphatic carbocycles. The van der Waals surface area contributed by atoms with Gasteiger partial charge in [0.25, 0.3) is 0 Å². The molecule has 9 heavy (non-hydrogen) atoms. The fourth-order valence-electron chi connectivity index (χ4n) is 0.340. The van der Waals surface area contributed by atoms with Gasteiger partial charge in [-0.15, -0.1) is 0 Å². The van der Waals surface area contributed by atoms with Crippen LogP contribution in [0, 0.1) is 5.41 Å². The second-order valence-corrected chi connectivity index (χ2v) is 5.34. The molecule has 0 fully saturated rings. The Labute approximate surface area is 83.2 Å². The van der Waals surface area contributed by atoms with E-state index in [1.165, 1.54) is 0 Å². The fourth-order valence-corrected chi connectivity index (χ4v) is 1.27. The summed E-state index contributed by atoms with van der Waals surface area (Å²) in [5.41, 5.74) is 0.110. The standard InChI is InChI=1S/C6H10I2O/c1-6(2,3)4(7)5(8)9/h4H,1-3H3/t4-/m1/s1. The van der Waals surface area contributed by atoms with Gasteiger partial charge in [0.1, 0.15) is 0 Å². The van der Waals surface area contributed by atoms with Gasteiger partial charge >= 0.3 is 0 Å². The number of hydrogen-bond acceptors (Lipinski definition) is 1. The SMILES string of the molecule is CC(C)(C)[C@H](I)C(=O)I. The van der Waals surface area contributed by atoms with Gasteiger partial charge in [0.2, 0.25) is 3.79 Å². The predicted molar refractivity (Wildman–Crippen MR) is 56.3 cm³/mol. The second kappa shape index (κ2) is 3.50. The highest BCUT2D eigenvalue weighted by molar-refractivity contribution is 14.1. The highest BCUT2D eigenvalue weighted by Crippen LogP contribution is 2.28. The smallest absolute Gasteiger partial charge is 0.205 e. The summed E-state index contributed by atoms with van der Waals surface area (Å²) < 4.78 is 0.372. The van der Waals surface area contributed by atoms with Crippen LogP contribution in [0.2, 0.25) is 0 Å².